The molecule has 0 radical (unpaired) electrons. The van der Waals surface area contributed by atoms with Gasteiger partial charge in [0.15, 0.2) is 17.2 Å². The Morgan fingerprint density at radius 2 is 1.87 bits per heavy atom. The normalized spacial score (nSPS) is 11.9. The fraction of sp³-hybridized carbons (Fsp3) is 0.0714. The van der Waals surface area contributed by atoms with Crippen molar-refractivity contribution in [1.29, 1.82) is 0 Å². The lowest BCUT2D eigenvalue weighted by Crippen LogP contribution is -2.23. The second-order valence-corrected chi connectivity index (χ2v) is 6.51. The summed E-state index contributed by atoms with van der Waals surface area (Å²) in [5.74, 6) is -2.76. The summed E-state index contributed by atoms with van der Waals surface area (Å²) in [6.07, 6.45) is 0. The van der Waals surface area contributed by atoms with Gasteiger partial charge in [-0.3, -0.25) is 4.98 Å². The third-order valence-corrected chi connectivity index (χ3v) is 4.55. The maximum atomic E-state index is 13.1. The molecule has 0 amide bonds. The second-order valence-electron chi connectivity index (χ2n) is 4.75. The van der Waals surface area contributed by atoms with Crippen LogP contribution in [-0.2, 0) is 16.6 Å². The van der Waals surface area contributed by atoms with Crippen molar-refractivity contribution in [3.05, 3.63) is 64.1 Å². The molecule has 2 N–H and O–H groups in total. The molecule has 0 saturated heterocycles. The van der Waals surface area contributed by atoms with Crippen LogP contribution < -0.4 is 10.5 Å². The number of fused-ring (bicyclic) bond motifs is 1. The van der Waals surface area contributed by atoms with E-state index in [9.17, 15) is 22.0 Å². The van der Waals surface area contributed by atoms with Gasteiger partial charge in [0.1, 0.15) is 0 Å². The van der Waals surface area contributed by atoms with Crippen LogP contribution >= 0.6 is 0 Å². The first-order valence-electron chi connectivity index (χ1n) is 6.42. The lowest BCUT2D eigenvalue weighted by atomic mass is 10.2. The van der Waals surface area contributed by atoms with E-state index >= 15 is 0 Å². The molecule has 3 rings (SSSR count). The fourth-order valence-electron chi connectivity index (χ4n) is 2.00. The van der Waals surface area contributed by atoms with Crippen molar-refractivity contribution in [3.8, 4) is 0 Å². The third kappa shape index (κ3) is 3.15. The van der Waals surface area contributed by atoms with E-state index in [4.69, 9.17) is 4.42 Å². The highest BCUT2D eigenvalue weighted by Gasteiger charge is 2.16. The molecule has 1 aromatic heterocycles. The molecule has 0 unspecified atom stereocenters. The van der Waals surface area contributed by atoms with Crippen molar-refractivity contribution in [3.63, 3.8) is 0 Å². The lowest BCUT2D eigenvalue weighted by Gasteiger charge is -2.07. The van der Waals surface area contributed by atoms with E-state index in [1.54, 1.807) is 0 Å². The van der Waals surface area contributed by atoms with Crippen molar-refractivity contribution < 1.29 is 21.6 Å². The van der Waals surface area contributed by atoms with Crippen molar-refractivity contribution >= 4 is 21.1 Å². The first-order valence-corrected chi connectivity index (χ1v) is 7.90. The standard InChI is InChI=1S/C14H10F2N2O4S/c15-10-3-1-8(5-11(10)16)7-17-23(20,21)9-2-4-12-13(6-9)22-14(19)18-12/h1-6,17H,7H2,(H,18,19). The van der Waals surface area contributed by atoms with Crippen LogP contribution in [0, 0.1) is 11.6 Å². The van der Waals surface area contributed by atoms with Gasteiger partial charge in [0.25, 0.3) is 0 Å². The Labute approximate surface area is 128 Å². The van der Waals surface area contributed by atoms with Crippen molar-refractivity contribution in [2.45, 2.75) is 11.4 Å². The Morgan fingerprint density at radius 3 is 2.61 bits per heavy atom. The van der Waals surface area contributed by atoms with Gasteiger partial charge >= 0.3 is 5.76 Å². The van der Waals surface area contributed by atoms with Crippen LogP contribution in [0.4, 0.5) is 8.78 Å². The van der Waals surface area contributed by atoms with Crippen LogP contribution in [0.25, 0.3) is 11.1 Å². The average molecular weight is 340 g/mol. The monoisotopic (exact) mass is 340 g/mol. The van der Waals surface area contributed by atoms with Crippen LogP contribution in [0.1, 0.15) is 5.56 Å². The minimum Gasteiger partial charge on any atom is -0.408 e. The number of oxazole rings is 1. The van der Waals surface area contributed by atoms with Gasteiger partial charge in [-0.25, -0.2) is 26.7 Å². The molecule has 9 heteroatoms. The summed E-state index contributed by atoms with van der Waals surface area (Å²) < 4.78 is 57.4. The molecular weight excluding hydrogens is 330 g/mol. The molecule has 23 heavy (non-hydrogen) atoms. The molecule has 0 fully saturated rings. The SMILES string of the molecule is O=c1[nH]c2ccc(S(=O)(=O)NCc3ccc(F)c(F)c3)cc2o1. The van der Waals surface area contributed by atoms with Gasteiger partial charge in [-0.05, 0) is 29.8 Å². The molecule has 0 spiro atoms. The number of hydrogen-bond acceptors (Lipinski definition) is 4. The average Bonchev–Trinajstić information content (AvgIpc) is 2.87. The van der Waals surface area contributed by atoms with Gasteiger partial charge < -0.3 is 4.42 Å². The largest absolute Gasteiger partial charge is 0.417 e. The number of halogens is 2. The third-order valence-electron chi connectivity index (χ3n) is 3.15. The van der Waals surface area contributed by atoms with Gasteiger partial charge in [-0.2, -0.15) is 0 Å². The van der Waals surface area contributed by atoms with Gasteiger partial charge in [-0.1, -0.05) is 6.07 Å². The fourth-order valence-corrected chi connectivity index (χ4v) is 3.04. The number of H-pyrrole nitrogens is 1. The molecule has 1 heterocycles. The van der Waals surface area contributed by atoms with Crippen LogP contribution in [-0.4, -0.2) is 13.4 Å². The molecule has 0 bridgehead atoms. The molecule has 0 atom stereocenters. The summed E-state index contributed by atoms with van der Waals surface area (Å²) >= 11 is 0. The van der Waals surface area contributed by atoms with E-state index in [0.717, 1.165) is 12.1 Å². The molecule has 6 nitrogen and oxygen atoms in total. The van der Waals surface area contributed by atoms with Crippen LogP contribution in [0.2, 0.25) is 0 Å². The minimum atomic E-state index is -3.91. The number of aromatic amines is 1. The van der Waals surface area contributed by atoms with E-state index in [1.807, 2.05) is 0 Å². The molecule has 2 aromatic carbocycles. The molecule has 120 valence electrons. The van der Waals surface area contributed by atoms with E-state index in [0.29, 0.717) is 5.52 Å². The summed E-state index contributed by atoms with van der Waals surface area (Å²) in [4.78, 5) is 13.3. The van der Waals surface area contributed by atoms with Crippen molar-refractivity contribution in [2.75, 3.05) is 0 Å². The summed E-state index contributed by atoms with van der Waals surface area (Å²) in [6.45, 7) is -0.214. The highest BCUT2D eigenvalue weighted by molar-refractivity contribution is 7.89. The quantitative estimate of drug-likeness (QED) is 0.758. The zero-order valence-corrected chi connectivity index (χ0v) is 12.3. The highest BCUT2D eigenvalue weighted by atomic mass is 32.2. The number of hydrogen-bond donors (Lipinski definition) is 2. The van der Waals surface area contributed by atoms with Crippen LogP contribution in [0.3, 0.4) is 0 Å². The topological polar surface area (TPSA) is 92.2 Å². The van der Waals surface area contributed by atoms with Crippen molar-refractivity contribution in [2.24, 2.45) is 0 Å². The maximum Gasteiger partial charge on any atom is 0.417 e. The number of aromatic nitrogens is 1. The Hall–Kier alpha value is -2.52. The first-order chi connectivity index (χ1) is 10.8. The number of nitrogens with one attached hydrogen (secondary N) is 2. The van der Waals surface area contributed by atoms with Crippen LogP contribution in [0.5, 0.6) is 0 Å². The Bertz CT molecular complexity index is 1040. The van der Waals surface area contributed by atoms with Gasteiger partial charge in [-0.15, -0.1) is 0 Å². The summed E-state index contributed by atoms with van der Waals surface area (Å²) in [6, 6.07) is 6.98. The van der Waals surface area contributed by atoms with Gasteiger partial charge in [0.2, 0.25) is 10.0 Å². The molecule has 0 aliphatic heterocycles. The minimum absolute atomic E-state index is 0.103. The maximum absolute atomic E-state index is 13.1. The van der Waals surface area contributed by atoms with Gasteiger partial charge in [0.05, 0.1) is 10.4 Å². The summed E-state index contributed by atoms with van der Waals surface area (Å²) in [5, 5.41) is 0. The predicted molar refractivity (Wildman–Crippen MR) is 77.2 cm³/mol. The Balaban J connectivity index is 1.84. The van der Waals surface area contributed by atoms with E-state index < -0.39 is 27.4 Å². The van der Waals surface area contributed by atoms with E-state index in [2.05, 4.69) is 9.71 Å². The Morgan fingerprint density at radius 1 is 1.09 bits per heavy atom. The summed E-state index contributed by atoms with van der Waals surface area (Å²) in [5.41, 5.74) is 0.738. The van der Waals surface area contributed by atoms with Crippen molar-refractivity contribution in [1.82, 2.24) is 9.71 Å². The number of sulfonamides is 1. The Kier molecular flexibility index (Phi) is 3.74. The zero-order valence-electron chi connectivity index (χ0n) is 11.5. The molecule has 0 aliphatic rings. The lowest BCUT2D eigenvalue weighted by molar-refractivity contribution is 0.506. The highest BCUT2D eigenvalue weighted by Crippen LogP contribution is 2.17. The number of benzene rings is 2. The molecular formula is C14H10F2N2O4S. The smallest absolute Gasteiger partial charge is 0.408 e. The zero-order chi connectivity index (χ0) is 16.6. The second kappa shape index (κ2) is 5.60. The van der Waals surface area contributed by atoms with E-state index in [-0.39, 0.29) is 22.6 Å². The summed E-state index contributed by atoms with van der Waals surface area (Å²) in [7, 11) is -3.91. The van der Waals surface area contributed by atoms with E-state index in [1.165, 1.54) is 24.3 Å². The number of rotatable bonds is 4. The van der Waals surface area contributed by atoms with Crippen LogP contribution in [0.15, 0.2) is 50.5 Å². The first kappa shape index (κ1) is 15.4. The molecule has 0 aliphatic carbocycles. The molecule has 0 saturated carbocycles. The predicted octanol–water partition coefficient (Wildman–Crippen LogP) is 1.88. The molecule has 3 aromatic rings. The van der Waals surface area contributed by atoms with Gasteiger partial charge in [0, 0.05) is 12.6 Å².